The van der Waals surface area contributed by atoms with Gasteiger partial charge in [-0.25, -0.2) is 4.79 Å². The molecule has 1 N–H and O–H groups in total. The van der Waals surface area contributed by atoms with E-state index >= 15 is 0 Å². The molecule has 0 bridgehead atoms. The molecule has 0 aliphatic rings. The van der Waals surface area contributed by atoms with Crippen LogP contribution in [-0.4, -0.2) is 6.09 Å². The first-order chi connectivity index (χ1) is 9.16. The van der Waals surface area contributed by atoms with E-state index in [-0.39, 0.29) is 6.04 Å². The van der Waals surface area contributed by atoms with Crippen molar-refractivity contribution in [2.24, 2.45) is 0 Å². The van der Waals surface area contributed by atoms with Crippen LogP contribution in [0.1, 0.15) is 18.5 Å². The Kier molecular flexibility index (Phi) is 4.42. The average molecular weight is 276 g/mol. The maximum absolute atomic E-state index is 11.7. The Hall–Kier alpha value is -2.00. The van der Waals surface area contributed by atoms with E-state index in [0.717, 1.165) is 5.56 Å². The summed E-state index contributed by atoms with van der Waals surface area (Å²) in [6.07, 6.45) is -0.501. The van der Waals surface area contributed by atoms with Crippen LogP contribution >= 0.6 is 11.6 Å². The molecule has 2 rings (SSSR count). The van der Waals surface area contributed by atoms with Crippen LogP contribution in [0.25, 0.3) is 0 Å². The molecule has 0 spiro atoms. The van der Waals surface area contributed by atoms with E-state index in [1.165, 1.54) is 0 Å². The predicted octanol–water partition coefficient (Wildman–Crippen LogP) is 4.19. The van der Waals surface area contributed by atoms with Gasteiger partial charge in [-0.2, -0.15) is 0 Å². The molecule has 0 radical (unpaired) electrons. The van der Waals surface area contributed by atoms with Crippen LogP contribution in [0.3, 0.4) is 0 Å². The zero-order valence-corrected chi connectivity index (χ0v) is 11.2. The number of amides is 1. The third kappa shape index (κ3) is 3.73. The summed E-state index contributed by atoms with van der Waals surface area (Å²) in [6, 6.07) is 16.1. The SMILES string of the molecule is C[C@H](NC(=O)Oc1ccccc1)c1ccccc1Cl. The summed E-state index contributed by atoms with van der Waals surface area (Å²) < 4.78 is 5.15. The van der Waals surface area contributed by atoms with E-state index in [2.05, 4.69) is 5.32 Å². The van der Waals surface area contributed by atoms with Gasteiger partial charge in [0.2, 0.25) is 0 Å². The molecule has 2 aromatic carbocycles. The molecule has 0 aliphatic carbocycles. The van der Waals surface area contributed by atoms with Crippen molar-refractivity contribution in [1.82, 2.24) is 5.32 Å². The third-order valence-electron chi connectivity index (χ3n) is 2.66. The van der Waals surface area contributed by atoms with Gasteiger partial charge in [0.05, 0.1) is 6.04 Å². The summed E-state index contributed by atoms with van der Waals surface area (Å²) in [5.41, 5.74) is 0.856. The first kappa shape index (κ1) is 13.4. The average Bonchev–Trinajstić information content (AvgIpc) is 2.40. The lowest BCUT2D eigenvalue weighted by Gasteiger charge is -2.15. The van der Waals surface area contributed by atoms with Gasteiger partial charge in [-0.05, 0) is 30.7 Å². The van der Waals surface area contributed by atoms with Gasteiger partial charge in [0.25, 0.3) is 0 Å². The van der Waals surface area contributed by atoms with Crippen molar-refractivity contribution in [2.75, 3.05) is 0 Å². The van der Waals surface area contributed by atoms with Gasteiger partial charge >= 0.3 is 6.09 Å². The number of hydrogen-bond donors (Lipinski definition) is 1. The van der Waals surface area contributed by atoms with Gasteiger partial charge in [-0.1, -0.05) is 48.0 Å². The summed E-state index contributed by atoms with van der Waals surface area (Å²) in [7, 11) is 0. The number of para-hydroxylation sites is 1. The number of carbonyl (C=O) groups is 1. The summed E-state index contributed by atoms with van der Waals surface area (Å²) in [5, 5.41) is 3.36. The van der Waals surface area contributed by atoms with Crippen molar-refractivity contribution in [3.05, 3.63) is 65.2 Å². The van der Waals surface area contributed by atoms with E-state index < -0.39 is 6.09 Å². The molecule has 0 heterocycles. The van der Waals surface area contributed by atoms with Crippen LogP contribution < -0.4 is 10.1 Å². The van der Waals surface area contributed by atoms with Gasteiger partial charge in [0, 0.05) is 5.02 Å². The maximum Gasteiger partial charge on any atom is 0.413 e. The molecular formula is C15H14ClNO2. The molecule has 0 aromatic heterocycles. The zero-order valence-electron chi connectivity index (χ0n) is 10.5. The van der Waals surface area contributed by atoms with Crippen LogP contribution in [0.15, 0.2) is 54.6 Å². The fourth-order valence-electron chi connectivity index (χ4n) is 1.71. The first-order valence-corrected chi connectivity index (χ1v) is 6.32. The molecule has 98 valence electrons. The lowest BCUT2D eigenvalue weighted by atomic mass is 10.1. The van der Waals surface area contributed by atoms with Gasteiger partial charge in [-0.15, -0.1) is 0 Å². The Balaban J connectivity index is 1.98. The van der Waals surface area contributed by atoms with Crippen molar-refractivity contribution in [3.63, 3.8) is 0 Å². The largest absolute Gasteiger partial charge is 0.413 e. The quantitative estimate of drug-likeness (QED) is 0.912. The molecule has 19 heavy (non-hydrogen) atoms. The molecule has 1 amide bonds. The standard InChI is InChI=1S/C15H14ClNO2/c1-11(13-9-5-6-10-14(13)16)17-15(18)19-12-7-3-2-4-8-12/h2-11H,1H3,(H,17,18)/t11-/m0/s1. The third-order valence-corrected chi connectivity index (χ3v) is 3.00. The predicted molar refractivity (Wildman–Crippen MR) is 75.5 cm³/mol. The molecule has 0 aliphatic heterocycles. The molecule has 0 unspecified atom stereocenters. The number of rotatable bonds is 3. The van der Waals surface area contributed by atoms with E-state index in [1.807, 2.05) is 31.2 Å². The van der Waals surface area contributed by atoms with Gasteiger partial charge in [0.15, 0.2) is 0 Å². The minimum absolute atomic E-state index is 0.218. The highest BCUT2D eigenvalue weighted by atomic mass is 35.5. The first-order valence-electron chi connectivity index (χ1n) is 5.94. The minimum atomic E-state index is -0.501. The fraction of sp³-hybridized carbons (Fsp3) is 0.133. The van der Waals surface area contributed by atoms with Gasteiger partial charge in [-0.3, -0.25) is 0 Å². The van der Waals surface area contributed by atoms with E-state index in [0.29, 0.717) is 10.8 Å². The summed E-state index contributed by atoms with van der Waals surface area (Å²) in [6.45, 7) is 1.85. The van der Waals surface area contributed by atoms with Crippen LogP contribution in [0.4, 0.5) is 4.79 Å². The number of ether oxygens (including phenoxy) is 1. The van der Waals surface area contributed by atoms with E-state index in [1.54, 1.807) is 30.3 Å². The maximum atomic E-state index is 11.7. The highest BCUT2D eigenvalue weighted by Crippen LogP contribution is 2.22. The molecule has 1 atom stereocenters. The van der Waals surface area contributed by atoms with Crippen molar-refractivity contribution >= 4 is 17.7 Å². The van der Waals surface area contributed by atoms with Crippen LogP contribution in [0.5, 0.6) is 5.75 Å². The fourth-order valence-corrected chi connectivity index (χ4v) is 2.01. The highest BCUT2D eigenvalue weighted by molar-refractivity contribution is 6.31. The van der Waals surface area contributed by atoms with Crippen molar-refractivity contribution in [2.45, 2.75) is 13.0 Å². The molecule has 0 saturated heterocycles. The Morgan fingerprint density at radius 3 is 2.42 bits per heavy atom. The van der Waals surface area contributed by atoms with E-state index in [9.17, 15) is 4.79 Å². The Bertz CT molecular complexity index is 557. The summed E-state index contributed by atoms with van der Waals surface area (Å²) in [5.74, 6) is 0.506. The van der Waals surface area contributed by atoms with Crippen molar-refractivity contribution < 1.29 is 9.53 Å². The van der Waals surface area contributed by atoms with Crippen LogP contribution in [-0.2, 0) is 0 Å². The molecule has 0 saturated carbocycles. The molecular weight excluding hydrogens is 262 g/mol. The number of nitrogens with one attached hydrogen (secondary N) is 1. The minimum Gasteiger partial charge on any atom is -0.410 e. The number of carbonyl (C=O) groups excluding carboxylic acids is 1. The topological polar surface area (TPSA) is 38.3 Å². The Morgan fingerprint density at radius 1 is 1.11 bits per heavy atom. The number of benzene rings is 2. The smallest absolute Gasteiger partial charge is 0.410 e. The molecule has 3 nitrogen and oxygen atoms in total. The van der Waals surface area contributed by atoms with Gasteiger partial charge < -0.3 is 10.1 Å². The second-order valence-corrected chi connectivity index (χ2v) is 4.50. The zero-order chi connectivity index (χ0) is 13.7. The number of halogens is 1. The van der Waals surface area contributed by atoms with Crippen LogP contribution in [0, 0.1) is 0 Å². The molecule has 2 aromatic rings. The monoisotopic (exact) mass is 275 g/mol. The summed E-state index contributed by atoms with van der Waals surface area (Å²) >= 11 is 6.07. The number of hydrogen-bond acceptors (Lipinski definition) is 2. The van der Waals surface area contributed by atoms with Crippen molar-refractivity contribution in [1.29, 1.82) is 0 Å². The van der Waals surface area contributed by atoms with E-state index in [4.69, 9.17) is 16.3 Å². The van der Waals surface area contributed by atoms with Crippen LogP contribution in [0.2, 0.25) is 5.02 Å². The molecule has 4 heteroatoms. The Labute approximate surface area is 117 Å². The van der Waals surface area contributed by atoms with Crippen molar-refractivity contribution in [3.8, 4) is 5.75 Å². The second-order valence-electron chi connectivity index (χ2n) is 4.09. The Morgan fingerprint density at radius 2 is 1.74 bits per heavy atom. The lowest BCUT2D eigenvalue weighted by molar-refractivity contribution is 0.197. The second kappa shape index (κ2) is 6.25. The normalized spacial score (nSPS) is 11.7. The molecule has 0 fully saturated rings. The lowest BCUT2D eigenvalue weighted by Crippen LogP contribution is -2.29. The van der Waals surface area contributed by atoms with Gasteiger partial charge in [0.1, 0.15) is 5.75 Å². The summed E-state index contributed by atoms with van der Waals surface area (Å²) in [4.78, 5) is 11.7. The highest BCUT2D eigenvalue weighted by Gasteiger charge is 2.13.